The van der Waals surface area contributed by atoms with E-state index in [1.165, 1.54) is 80.0 Å². The number of benzene rings is 2. The van der Waals surface area contributed by atoms with E-state index in [1.54, 1.807) is 18.2 Å². The third kappa shape index (κ3) is 9.80. The molecule has 0 saturated carbocycles. The second kappa shape index (κ2) is 16.6. The van der Waals surface area contributed by atoms with Crippen molar-refractivity contribution in [1.29, 1.82) is 0 Å². The number of allylic oxidation sites excluding steroid dienone is 4. The number of pyridine rings is 1. The van der Waals surface area contributed by atoms with Crippen molar-refractivity contribution in [2.24, 2.45) is 0 Å². The lowest BCUT2D eigenvalue weighted by Crippen LogP contribution is -2.54. The third-order valence-electron chi connectivity index (χ3n) is 7.71. The van der Waals surface area contributed by atoms with Crippen molar-refractivity contribution < 1.29 is 42.0 Å². The first-order valence-electron chi connectivity index (χ1n) is 16.1. The zero-order valence-electron chi connectivity index (χ0n) is 28.7. The Kier molecular flexibility index (Phi) is 11.8. The minimum absolute atomic E-state index is 0.0256. The average Bonchev–Trinajstić information content (AvgIpc) is 3.10. The number of carbonyl (C=O) groups is 5. The number of urea groups is 1. The maximum atomic E-state index is 13.6. The third-order valence-corrected chi connectivity index (χ3v) is 8.52. The van der Waals surface area contributed by atoms with Gasteiger partial charge in [0.15, 0.2) is 0 Å². The van der Waals surface area contributed by atoms with Crippen molar-refractivity contribution in [2.75, 3.05) is 21.3 Å². The molecule has 282 valence electrons. The maximum absolute atomic E-state index is 13.6. The molecule has 55 heavy (non-hydrogen) atoms. The van der Waals surface area contributed by atoms with Crippen LogP contribution >= 0.6 is 0 Å². The fourth-order valence-electron chi connectivity index (χ4n) is 5.26. The second-order valence-corrected chi connectivity index (χ2v) is 13.3. The van der Waals surface area contributed by atoms with Crippen molar-refractivity contribution >= 4 is 68.5 Å². The summed E-state index contributed by atoms with van der Waals surface area (Å²) in [5, 5.41) is 17.8. The van der Waals surface area contributed by atoms with E-state index in [0.717, 1.165) is 10.6 Å². The van der Waals surface area contributed by atoms with Gasteiger partial charge in [-0.3, -0.25) is 43.8 Å². The van der Waals surface area contributed by atoms with Gasteiger partial charge in [0, 0.05) is 37.1 Å². The molecule has 18 nitrogen and oxygen atoms in total. The van der Waals surface area contributed by atoms with E-state index < -0.39 is 62.3 Å². The Morgan fingerprint density at radius 1 is 0.927 bits per heavy atom. The number of barbiturate groups is 1. The summed E-state index contributed by atoms with van der Waals surface area (Å²) >= 11 is 0. The smallest absolute Gasteiger partial charge is 0.335 e. The largest absolute Gasteiger partial charge is 0.494 e. The number of H-pyrrole nitrogens is 1. The zero-order valence-corrected chi connectivity index (χ0v) is 29.5. The molecule has 0 radical (unpaired) electrons. The highest BCUT2D eigenvalue weighted by Gasteiger charge is 2.36. The number of nitrogens with zero attached hydrogens (tertiary/aromatic N) is 3. The molecule has 1 aliphatic rings. The molecule has 2 aromatic carbocycles. The van der Waals surface area contributed by atoms with Crippen LogP contribution in [0.5, 0.6) is 5.88 Å². The van der Waals surface area contributed by atoms with E-state index in [9.17, 15) is 47.1 Å². The number of hydrogen-bond donors (Lipinski definition) is 6. The van der Waals surface area contributed by atoms with Gasteiger partial charge in [0.25, 0.3) is 27.5 Å². The quantitative estimate of drug-likeness (QED) is 0.0525. The summed E-state index contributed by atoms with van der Waals surface area (Å²) in [6.07, 6.45) is 7.55. The summed E-state index contributed by atoms with van der Waals surface area (Å²) in [4.78, 5) is 96.5. The molecular weight excluding hydrogens is 739 g/mol. The Labute approximate surface area is 311 Å². The Hall–Kier alpha value is -7.25. The number of anilines is 3. The molecule has 6 amide bonds. The minimum atomic E-state index is -4.26. The van der Waals surface area contributed by atoms with Crippen molar-refractivity contribution in [2.45, 2.75) is 19.8 Å². The van der Waals surface area contributed by atoms with E-state index in [-0.39, 0.29) is 46.9 Å². The monoisotopic (exact) mass is 769 g/mol. The zero-order chi connectivity index (χ0) is 39.9. The molecule has 0 unspecified atom stereocenters. The van der Waals surface area contributed by atoms with Crippen LogP contribution in [0.25, 0.3) is 17.3 Å². The SMILES string of the molecule is CC(=O)Nc1cccc(-n2c(=O)[nH]c(O)c(C=CC(=CC=C3C(=O)NC(=O)N(c4cccc(NC(=O)CCCS(=O)(=O)O)c4)C3=O)c3ccncc3)c2=O)c1. The lowest BCUT2D eigenvalue weighted by Gasteiger charge is -2.26. The minimum Gasteiger partial charge on any atom is -0.494 e. The molecule has 2 aromatic heterocycles. The predicted octanol–water partition coefficient (Wildman–Crippen LogP) is 2.50. The van der Waals surface area contributed by atoms with Gasteiger partial charge in [-0.25, -0.2) is 19.1 Å². The van der Waals surface area contributed by atoms with Gasteiger partial charge in [0.2, 0.25) is 17.7 Å². The predicted molar refractivity (Wildman–Crippen MR) is 200 cm³/mol. The molecule has 1 aliphatic heterocycles. The number of rotatable bonds is 12. The molecule has 3 heterocycles. The molecule has 0 atom stereocenters. The molecule has 0 aliphatic carbocycles. The summed E-state index contributed by atoms with van der Waals surface area (Å²) < 4.78 is 31.5. The Bertz CT molecular complexity index is 2540. The number of aromatic amines is 1. The first-order chi connectivity index (χ1) is 26.1. The van der Waals surface area contributed by atoms with Gasteiger partial charge in [-0.1, -0.05) is 24.3 Å². The Morgan fingerprint density at radius 2 is 1.58 bits per heavy atom. The highest BCUT2D eigenvalue weighted by Crippen LogP contribution is 2.25. The van der Waals surface area contributed by atoms with Gasteiger partial charge in [-0.15, -0.1) is 0 Å². The lowest BCUT2D eigenvalue weighted by atomic mass is 10.0. The van der Waals surface area contributed by atoms with Crippen LogP contribution in [-0.2, 0) is 29.3 Å². The van der Waals surface area contributed by atoms with E-state index in [0.29, 0.717) is 16.2 Å². The number of imide groups is 2. The summed E-state index contributed by atoms with van der Waals surface area (Å²) in [6.45, 7) is 1.29. The molecule has 0 bridgehead atoms. The van der Waals surface area contributed by atoms with Crippen molar-refractivity contribution in [3.63, 3.8) is 0 Å². The second-order valence-electron chi connectivity index (χ2n) is 11.7. The molecule has 1 fully saturated rings. The van der Waals surface area contributed by atoms with Gasteiger partial charge in [-0.05, 0) is 78.2 Å². The van der Waals surface area contributed by atoms with E-state index in [4.69, 9.17) is 4.55 Å². The van der Waals surface area contributed by atoms with Gasteiger partial charge in [-0.2, -0.15) is 8.42 Å². The topological polar surface area (TPSA) is 267 Å². The number of amides is 6. The maximum Gasteiger partial charge on any atom is 0.335 e. The fraction of sp³-hybridized carbons (Fsp3) is 0.111. The van der Waals surface area contributed by atoms with Gasteiger partial charge >= 0.3 is 11.7 Å². The number of nitrogens with one attached hydrogen (secondary N) is 4. The van der Waals surface area contributed by atoms with E-state index in [2.05, 4.69) is 25.9 Å². The summed E-state index contributed by atoms with van der Waals surface area (Å²) in [5.41, 5.74) is -1.42. The lowest BCUT2D eigenvalue weighted by molar-refractivity contribution is -0.123. The van der Waals surface area contributed by atoms with Crippen molar-refractivity contribution in [3.8, 4) is 11.6 Å². The number of aromatic hydroxyl groups is 1. The number of aromatic nitrogens is 3. The van der Waals surface area contributed by atoms with Crippen LogP contribution in [0.3, 0.4) is 0 Å². The van der Waals surface area contributed by atoms with Crippen LogP contribution in [0, 0.1) is 0 Å². The van der Waals surface area contributed by atoms with Crippen LogP contribution < -0.4 is 32.1 Å². The molecule has 0 spiro atoms. The standard InChI is InChI=1S/C36H31N7O11S/c1-21(44)38-24-5-2-7-26(19-24)42-33(48)28(31(46)40-35(42)50)12-10-22(23-14-16-37-17-15-23)11-13-29-32(47)41-36(51)43(34(29)49)27-8-3-6-25(20-27)39-30(45)9-4-18-55(52,53)54/h2-3,5-8,10-17,19-20,46H,4,9,18H2,1H3,(H,38,44)(H,39,45)(H,40,50)(H,41,47,51)(H,52,53,54). The first-order valence-corrected chi connectivity index (χ1v) is 17.7. The van der Waals surface area contributed by atoms with E-state index >= 15 is 0 Å². The molecule has 5 rings (SSSR count). The van der Waals surface area contributed by atoms with Crippen LogP contribution in [0.2, 0.25) is 0 Å². The van der Waals surface area contributed by atoms with Gasteiger partial charge < -0.3 is 15.7 Å². The Morgan fingerprint density at radius 3 is 2.25 bits per heavy atom. The highest BCUT2D eigenvalue weighted by atomic mass is 32.2. The summed E-state index contributed by atoms with van der Waals surface area (Å²) in [7, 11) is -4.26. The first kappa shape index (κ1) is 39.0. The summed E-state index contributed by atoms with van der Waals surface area (Å²) in [5.74, 6) is -4.39. The molecule has 1 saturated heterocycles. The van der Waals surface area contributed by atoms with Crippen molar-refractivity contribution in [1.82, 2.24) is 19.9 Å². The molecule has 6 N–H and O–H groups in total. The van der Waals surface area contributed by atoms with E-state index in [1.807, 2.05) is 0 Å². The van der Waals surface area contributed by atoms with Crippen LogP contribution in [0.1, 0.15) is 30.9 Å². The summed E-state index contributed by atoms with van der Waals surface area (Å²) in [6, 6.07) is 13.5. The van der Waals surface area contributed by atoms with Crippen LogP contribution in [-0.4, -0.2) is 68.0 Å². The van der Waals surface area contributed by atoms with Gasteiger partial charge in [0.1, 0.15) is 11.1 Å². The fourth-order valence-corrected chi connectivity index (χ4v) is 5.77. The van der Waals surface area contributed by atoms with Crippen LogP contribution in [0.15, 0.2) is 106 Å². The highest BCUT2D eigenvalue weighted by molar-refractivity contribution is 7.85. The Balaban J connectivity index is 1.47. The molecular formula is C36H31N7O11S. The van der Waals surface area contributed by atoms with Crippen molar-refractivity contribution in [3.05, 3.63) is 129 Å². The average molecular weight is 770 g/mol. The molecule has 4 aromatic rings. The number of carbonyl (C=O) groups excluding carboxylic acids is 5. The van der Waals surface area contributed by atoms with Crippen LogP contribution in [0.4, 0.5) is 21.9 Å². The molecule has 19 heteroatoms. The van der Waals surface area contributed by atoms with Gasteiger partial charge in [0.05, 0.1) is 17.1 Å². The number of hydrogen-bond acceptors (Lipinski definition) is 11. The normalized spacial score (nSPS) is 14.3.